The number of benzene rings is 8. The van der Waals surface area contributed by atoms with Gasteiger partial charge in [0.15, 0.2) is 0 Å². The second kappa shape index (κ2) is 12.0. The van der Waals surface area contributed by atoms with E-state index in [2.05, 4.69) is 192 Å². The van der Waals surface area contributed by atoms with Crippen molar-refractivity contribution in [3.63, 3.8) is 0 Å². The molecule has 0 spiro atoms. The topological polar surface area (TPSA) is 29.3 Å². The molecule has 0 amide bonds. The fourth-order valence-corrected chi connectivity index (χ4v) is 7.66. The number of aliphatic imine (C=N–C) groups is 1. The van der Waals surface area contributed by atoms with E-state index in [1.165, 1.54) is 54.5 Å². The van der Waals surface area contributed by atoms with Crippen LogP contribution in [0.25, 0.3) is 65.9 Å². The van der Waals surface area contributed by atoms with Crippen molar-refractivity contribution in [1.29, 1.82) is 0 Å². The van der Waals surface area contributed by atoms with Gasteiger partial charge in [0.2, 0.25) is 0 Å². The van der Waals surface area contributed by atoms with Crippen molar-refractivity contribution in [2.24, 2.45) is 4.99 Å². The minimum Gasteiger partial charge on any atom is -0.360 e. The summed E-state index contributed by atoms with van der Waals surface area (Å²) in [6.07, 6.45) is 2.00. The highest BCUT2D eigenvalue weighted by molar-refractivity contribution is 6.22. The number of nitrogens with zero attached hydrogens (tertiary/aromatic N) is 2. The highest BCUT2D eigenvalue weighted by atomic mass is 15.1. The molecule has 0 saturated heterocycles. The Hall–Kier alpha value is -6.71. The van der Waals surface area contributed by atoms with Crippen molar-refractivity contribution in [2.45, 2.75) is 6.17 Å². The van der Waals surface area contributed by atoms with Crippen LogP contribution in [0.1, 0.15) is 22.9 Å². The molecule has 0 saturated carbocycles. The van der Waals surface area contributed by atoms with Gasteiger partial charge in [-0.3, -0.25) is 4.99 Å². The number of hydrogen-bond acceptors (Lipinski definition) is 2. The minimum atomic E-state index is -0.175. The first-order valence-electron chi connectivity index (χ1n) is 17.5. The molecule has 3 heteroatoms. The van der Waals surface area contributed by atoms with Gasteiger partial charge in [0.25, 0.3) is 0 Å². The zero-order valence-corrected chi connectivity index (χ0v) is 27.9. The van der Waals surface area contributed by atoms with Gasteiger partial charge in [-0.05, 0) is 91.8 Å². The molecule has 51 heavy (non-hydrogen) atoms. The average molecular weight is 652 g/mol. The number of allylic oxidation sites excluding steroid dienone is 1. The summed E-state index contributed by atoms with van der Waals surface area (Å²) in [5.74, 6) is 0. The van der Waals surface area contributed by atoms with Crippen LogP contribution in [0.5, 0.6) is 0 Å². The number of aromatic nitrogens is 1. The standard InChI is InChI=1S/C48H33N3/c1-3-12-34(13-4-1)43-31-44(50-48(49-43)36-14-5-2-6-15-36)35-23-26-40(27-24-35)51-45-18-10-9-17-41(45)47-42-30-39(22-20-33(42)25-28-46(47)51)38-21-19-32-11-7-8-16-37(32)29-38/h1-31,48-49H. The normalized spacial score (nSPS) is 14.5. The summed E-state index contributed by atoms with van der Waals surface area (Å²) < 4.78 is 2.40. The lowest BCUT2D eigenvalue weighted by Gasteiger charge is -2.25. The number of fused-ring (bicyclic) bond motifs is 6. The Balaban J connectivity index is 1.09. The summed E-state index contributed by atoms with van der Waals surface area (Å²) in [5.41, 5.74) is 11.3. The Kier molecular flexibility index (Phi) is 6.88. The van der Waals surface area contributed by atoms with E-state index in [4.69, 9.17) is 4.99 Å². The Morgan fingerprint density at radius 3 is 1.92 bits per heavy atom. The molecule has 0 aliphatic carbocycles. The van der Waals surface area contributed by atoms with Crippen LogP contribution in [0.3, 0.4) is 0 Å². The van der Waals surface area contributed by atoms with E-state index in [1.54, 1.807) is 0 Å². The third-order valence-corrected chi connectivity index (χ3v) is 10.2. The van der Waals surface area contributed by atoms with Crippen molar-refractivity contribution in [3.8, 4) is 16.8 Å². The number of rotatable bonds is 5. The predicted molar refractivity (Wildman–Crippen MR) is 215 cm³/mol. The Morgan fingerprint density at radius 2 is 1.10 bits per heavy atom. The van der Waals surface area contributed by atoms with Crippen LogP contribution in [0, 0.1) is 0 Å². The molecule has 3 nitrogen and oxygen atoms in total. The number of hydrogen-bond donors (Lipinski definition) is 1. The lowest BCUT2D eigenvalue weighted by atomic mass is 9.96. The molecule has 1 N–H and O–H groups in total. The molecule has 1 unspecified atom stereocenters. The van der Waals surface area contributed by atoms with Gasteiger partial charge in [-0.2, -0.15) is 0 Å². The monoisotopic (exact) mass is 651 g/mol. The number of para-hydroxylation sites is 1. The molecule has 0 radical (unpaired) electrons. The first-order valence-corrected chi connectivity index (χ1v) is 17.5. The van der Waals surface area contributed by atoms with E-state index < -0.39 is 0 Å². The summed E-state index contributed by atoms with van der Waals surface area (Å²) in [5, 5.41) is 11.2. The molecular formula is C48H33N3. The summed E-state index contributed by atoms with van der Waals surface area (Å²) >= 11 is 0. The fourth-order valence-electron chi connectivity index (χ4n) is 7.66. The summed E-state index contributed by atoms with van der Waals surface area (Å²) in [7, 11) is 0. The molecule has 10 rings (SSSR count). The second-order valence-electron chi connectivity index (χ2n) is 13.3. The van der Waals surface area contributed by atoms with Gasteiger partial charge in [0.1, 0.15) is 6.17 Å². The fraction of sp³-hybridized carbons (Fsp3) is 0.0208. The molecule has 1 aromatic heterocycles. The average Bonchev–Trinajstić information content (AvgIpc) is 3.56. The van der Waals surface area contributed by atoms with E-state index in [0.29, 0.717) is 0 Å². The van der Waals surface area contributed by atoms with Crippen LogP contribution in [-0.2, 0) is 0 Å². The highest BCUT2D eigenvalue weighted by Gasteiger charge is 2.20. The lowest BCUT2D eigenvalue weighted by Crippen LogP contribution is -2.24. The number of nitrogens with one attached hydrogen (secondary N) is 1. The quantitative estimate of drug-likeness (QED) is 0.197. The van der Waals surface area contributed by atoms with Gasteiger partial charge in [-0.15, -0.1) is 0 Å². The van der Waals surface area contributed by atoms with Gasteiger partial charge in [-0.1, -0.05) is 146 Å². The van der Waals surface area contributed by atoms with E-state index in [9.17, 15) is 0 Å². The van der Waals surface area contributed by atoms with Gasteiger partial charge >= 0.3 is 0 Å². The smallest absolute Gasteiger partial charge is 0.145 e. The maximum Gasteiger partial charge on any atom is 0.145 e. The molecule has 0 bridgehead atoms. The van der Waals surface area contributed by atoms with Crippen LogP contribution in [-0.4, -0.2) is 10.3 Å². The summed E-state index contributed by atoms with van der Waals surface area (Å²) in [4.78, 5) is 5.20. The molecule has 0 fully saturated rings. The maximum absolute atomic E-state index is 5.20. The molecule has 2 heterocycles. The van der Waals surface area contributed by atoms with Crippen molar-refractivity contribution in [2.75, 3.05) is 0 Å². The molecule has 1 atom stereocenters. The van der Waals surface area contributed by atoms with E-state index >= 15 is 0 Å². The molecule has 1 aliphatic heterocycles. The van der Waals surface area contributed by atoms with Crippen LogP contribution < -0.4 is 5.32 Å². The Bertz CT molecular complexity index is 2810. The zero-order valence-electron chi connectivity index (χ0n) is 27.9. The maximum atomic E-state index is 5.20. The second-order valence-corrected chi connectivity index (χ2v) is 13.3. The summed E-state index contributed by atoms with van der Waals surface area (Å²) in [6.45, 7) is 0. The van der Waals surface area contributed by atoms with Gasteiger partial charge in [0.05, 0.1) is 16.7 Å². The van der Waals surface area contributed by atoms with Crippen molar-refractivity contribution in [3.05, 3.63) is 205 Å². The van der Waals surface area contributed by atoms with Crippen molar-refractivity contribution >= 4 is 54.8 Å². The van der Waals surface area contributed by atoms with Crippen LogP contribution in [0.15, 0.2) is 193 Å². The Morgan fingerprint density at radius 1 is 0.451 bits per heavy atom. The van der Waals surface area contributed by atoms with Gasteiger partial charge in [-0.25, -0.2) is 0 Å². The van der Waals surface area contributed by atoms with Crippen LogP contribution in [0.4, 0.5) is 0 Å². The molecule has 1 aliphatic rings. The zero-order chi connectivity index (χ0) is 33.7. The minimum absolute atomic E-state index is 0.175. The SMILES string of the molecule is C1=C(c2ccccc2)NC(c2ccccc2)N=C1c1ccc(-n2c3ccccc3c3c4cc(-c5ccc6ccccc6c5)ccc4ccc32)cc1. The summed E-state index contributed by atoms with van der Waals surface area (Å²) in [6, 6.07) is 65.3. The van der Waals surface area contributed by atoms with E-state index in [1.807, 2.05) is 6.07 Å². The third kappa shape index (κ3) is 5.10. The molecule has 240 valence electrons. The van der Waals surface area contributed by atoms with E-state index in [0.717, 1.165) is 33.8 Å². The van der Waals surface area contributed by atoms with Crippen molar-refractivity contribution in [1.82, 2.24) is 9.88 Å². The molecule has 9 aromatic rings. The third-order valence-electron chi connectivity index (χ3n) is 10.2. The van der Waals surface area contributed by atoms with Crippen LogP contribution >= 0.6 is 0 Å². The first-order chi connectivity index (χ1) is 25.3. The van der Waals surface area contributed by atoms with Crippen LogP contribution in [0.2, 0.25) is 0 Å². The molecular weight excluding hydrogens is 619 g/mol. The van der Waals surface area contributed by atoms with Gasteiger partial charge in [0, 0.05) is 22.2 Å². The van der Waals surface area contributed by atoms with Crippen molar-refractivity contribution < 1.29 is 0 Å². The Labute approximate surface area is 296 Å². The highest BCUT2D eigenvalue weighted by Crippen LogP contribution is 2.39. The first kappa shape index (κ1) is 29.2. The predicted octanol–water partition coefficient (Wildman–Crippen LogP) is 11.9. The largest absolute Gasteiger partial charge is 0.360 e. The molecule has 8 aromatic carbocycles. The van der Waals surface area contributed by atoms with Gasteiger partial charge < -0.3 is 9.88 Å². The lowest BCUT2D eigenvalue weighted by molar-refractivity contribution is 0.664. The van der Waals surface area contributed by atoms with E-state index in [-0.39, 0.29) is 6.17 Å².